The van der Waals surface area contributed by atoms with E-state index in [9.17, 15) is 14.4 Å². The molecule has 3 amide bonds. The number of alkyl carbamates (subject to hydrolysis) is 1. The van der Waals surface area contributed by atoms with E-state index >= 15 is 0 Å². The van der Waals surface area contributed by atoms with Crippen molar-refractivity contribution in [1.82, 2.24) is 10.2 Å². The zero-order valence-corrected chi connectivity index (χ0v) is 21.2. The summed E-state index contributed by atoms with van der Waals surface area (Å²) < 4.78 is 5.27. The van der Waals surface area contributed by atoms with Gasteiger partial charge in [-0.15, -0.1) is 0 Å². The van der Waals surface area contributed by atoms with Gasteiger partial charge in [0.1, 0.15) is 17.7 Å². The lowest BCUT2D eigenvalue weighted by Gasteiger charge is -2.31. The molecule has 2 unspecified atom stereocenters. The summed E-state index contributed by atoms with van der Waals surface area (Å²) >= 11 is 4.24. The molecule has 2 atom stereocenters. The van der Waals surface area contributed by atoms with Gasteiger partial charge in [0.05, 0.1) is 0 Å². The molecule has 34 heavy (non-hydrogen) atoms. The van der Waals surface area contributed by atoms with Crippen molar-refractivity contribution in [1.29, 1.82) is 0 Å². The van der Waals surface area contributed by atoms with E-state index in [0.29, 0.717) is 11.3 Å². The summed E-state index contributed by atoms with van der Waals surface area (Å²) in [6.07, 6.45) is 0.935. The summed E-state index contributed by atoms with van der Waals surface area (Å²) in [5, 5.41) is 5.47. The molecule has 0 aliphatic carbocycles. The van der Waals surface area contributed by atoms with Gasteiger partial charge in [-0.2, -0.15) is 12.6 Å². The monoisotopic (exact) mass is 483 g/mol. The van der Waals surface area contributed by atoms with E-state index in [1.165, 1.54) is 11.9 Å². The van der Waals surface area contributed by atoms with Crippen molar-refractivity contribution in [2.24, 2.45) is 0 Å². The normalized spacial score (nSPS) is 12.8. The van der Waals surface area contributed by atoms with Crippen LogP contribution in [-0.2, 0) is 14.3 Å². The van der Waals surface area contributed by atoms with Crippen LogP contribution in [0.3, 0.4) is 0 Å². The number of carbonyl (C=O) groups is 3. The summed E-state index contributed by atoms with van der Waals surface area (Å²) in [6, 6.07) is 12.7. The second-order valence-corrected chi connectivity index (χ2v) is 9.28. The van der Waals surface area contributed by atoms with Crippen molar-refractivity contribution in [3.63, 3.8) is 0 Å². The summed E-state index contributed by atoms with van der Waals surface area (Å²) in [7, 11) is 1.53. The number of benzene rings is 2. The number of thiol groups is 1. The average Bonchev–Trinajstić information content (AvgIpc) is 2.77. The first kappa shape index (κ1) is 27.0. The molecule has 2 rings (SSSR count). The number of amides is 3. The Kier molecular flexibility index (Phi) is 9.32. The van der Waals surface area contributed by atoms with Gasteiger partial charge < -0.3 is 20.3 Å². The minimum Gasteiger partial charge on any atom is -0.444 e. The largest absolute Gasteiger partial charge is 0.444 e. The van der Waals surface area contributed by atoms with E-state index in [1.807, 2.05) is 31.2 Å². The third-order valence-electron chi connectivity index (χ3n) is 5.02. The van der Waals surface area contributed by atoms with Crippen molar-refractivity contribution >= 4 is 42.3 Å². The lowest BCUT2D eigenvalue weighted by molar-refractivity contribution is -0.138. The number of hydrogen-bond donors (Lipinski definition) is 3. The van der Waals surface area contributed by atoms with Crippen LogP contribution < -0.4 is 10.6 Å². The quantitative estimate of drug-likeness (QED) is 0.479. The van der Waals surface area contributed by atoms with Gasteiger partial charge in [-0.25, -0.2) is 4.79 Å². The van der Waals surface area contributed by atoms with Gasteiger partial charge in [0.15, 0.2) is 0 Å². The molecule has 2 N–H and O–H groups in total. The Morgan fingerprint density at radius 1 is 1.15 bits per heavy atom. The average molecular weight is 484 g/mol. The fourth-order valence-corrected chi connectivity index (χ4v) is 3.58. The Morgan fingerprint density at radius 2 is 1.82 bits per heavy atom. The molecule has 182 valence electrons. The Balaban J connectivity index is 2.37. The second-order valence-electron chi connectivity index (χ2n) is 8.91. The highest BCUT2D eigenvalue weighted by atomic mass is 32.1. The van der Waals surface area contributed by atoms with Gasteiger partial charge in [0.2, 0.25) is 5.91 Å². The molecule has 0 radical (unpaired) electrons. The first-order valence-corrected chi connectivity index (χ1v) is 11.6. The smallest absolute Gasteiger partial charge is 0.408 e. The fourth-order valence-electron chi connectivity index (χ4n) is 3.33. The van der Waals surface area contributed by atoms with Crippen molar-refractivity contribution in [3.05, 3.63) is 71.8 Å². The Hall–Kier alpha value is -3.26. The lowest BCUT2D eigenvalue weighted by atomic mass is 10.0. The van der Waals surface area contributed by atoms with Crippen LogP contribution in [-0.4, -0.2) is 47.3 Å². The predicted molar refractivity (Wildman–Crippen MR) is 139 cm³/mol. The summed E-state index contributed by atoms with van der Waals surface area (Å²) in [6.45, 7) is 10.9. The predicted octanol–water partition coefficient (Wildman–Crippen LogP) is 4.60. The molecule has 0 spiro atoms. The molecular formula is C26H33N3O4S. The molecule has 0 saturated heterocycles. The number of anilines is 1. The van der Waals surface area contributed by atoms with Crippen LogP contribution in [0.15, 0.2) is 55.1 Å². The van der Waals surface area contributed by atoms with Crippen molar-refractivity contribution < 1.29 is 19.1 Å². The number of nitrogens with one attached hydrogen (secondary N) is 2. The van der Waals surface area contributed by atoms with Crippen LogP contribution in [0.4, 0.5) is 10.5 Å². The number of likely N-dealkylation sites (N-methyl/N-ethyl adjacent to an activating group) is 1. The van der Waals surface area contributed by atoms with Gasteiger partial charge in [0.25, 0.3) is 5.91 Å². The van der Waals surface area contributed by atoms with Crippen LogP contribution in [0.2, 0.25) is 0 Å². The highest BCUT2D eigenvalue weighted by molar-refractivity contribution is 7.80. The molecule has 0 fully saturated rings. The molecule has 0 aromatic heterocycles. The molecule has 2 aromatic rings. The number of carbonyl (C=O) groups excluding carboxylic acids is 3. The molecule has 8 heteroatoms. The van der Waals surface area contributed by atoms with E-state index in [0.717, 1.165) is 11.1 Å². The van der Waals surface area contributed by atoms with Crippen LogP contribution >= 0.6 is 12.6 Å². The van der Waals surface area contributed by atoms with E-state index in [1.54, 1.807) is 51.1 Å². The number of rotatable bonds is 8. The van der Waals surface area contributed by atoms with Gasteiger partial charge >= 0.3 is 6.09 Å². The summed E-state index contributed by atoms with van der Waals surface area (Å²) in [4.78, 5) is 40.4. The molecule has 0 aliphatic rings. The van der Waals surface area contributed by atoms with Crippen LogP contribution in [0, 0.1) is 6.92 Å². The van der Waals surface area contributed by atoms with Crippen molar-refractivity contribution in [3.8, 4) is 0 Å². The molecule has 2 aromatic carbocycles. The van der Waals surface area contributed by atoms with Gasteiger partial charge in [-0.3, -0.25) is 9.59 Å². The summed E-state index contributed by atoms with van der Waals surface area (Å²) in [5.74, 6) is -0.835. The zero-order valence-electron chi connectivity index (χ0n) is 20.3. The van der Waals surface area contributed by atoms with Crippen LogP contribution in [0.25, 0.3) is 6.08 Å². The van der Waals surface area contributed by atoms with E-state index in [4.69, 9.17) is 4.74 Å². The maximum atomic E-state index is 13.5. The van der Waals surface area contributed by atoms with Gasteiger partial charge in [-0.05, 0) is 56.5 Å². The minimum absolute atomic E-state index is 0.0290. The number of ether oxygens (including phenoxy) is 1. The zero-order chi connectivity index (χ0) is 25.5. The minimum atomic E-state index is -0.987. The first-order chi connectivity index (χ1) is 16.0. The first-order valence-electron chi connectivity index (χ1n) is 10.9. The third kappa shape index (κ3) is 7.38. The fraction of sp³-hybridized carbons (Fsp3) is 0.346. The van der Waals surface area contributed by atoms with E-state index < -0.39 is 29.7 Å². The molecule has 0 aliphatic heterocycles. The van der Waals surface area contributed by atoms with Crippen molar-refractivity contribution in [2.75, 3.05) is 18.1 Å². The lowest BCUT2D eigenvalue weighted by Crippen LogP contribution is -2.52. The molecule has 0 saturated carbocycles. The maximum Gasteiger partial charge on any atom is 0.408 e. The summed E-state index contributed by atoms with van der Waals surface area (Å²) in [5.41, 5.74) is 2.24. The topological polar surface area (TPSA) is 87.7 Å². The molecule has 7 nitrogen and oxygen atoms in total. The molecular weight excluding hydrogens is 450 g/mol. The highest BCUT2D eigenvalue weighted by Crippen LogP contribution is 2.25. The highest BCUT2D eigenvalue weighted by Gasteiger charge is 2.34. The Labute approximate surface area is 207 Å². The standard InChI is InChI=1S/C26H33N3O4S/c1-7-18-12-10-13-19(15-18)22(23(30)27-20-14-9-8-11-17(20)2)29(6)24(31)21(16-34)28-25(32)33-26(3,4)5/h7-15,21-22,34H,1,16H2,2-6H3,(H,27,30)(H,28,32). The molecule has 0 heterocycles. The van der Waals surface area contributed by atoms with Gasteiger partial charge in [0, 0.05) is 18.5 Å². The number of para-hydroxylation sites is 1. The Bertz CT molecular complexity index is 1050. The number of nitrogens with zero attached hydrogens (tertiary/aromatic N) is 1. The molecule has 0 bridgehead atoms. The second kappa shape index (κ2) is 11.7. The van der Waals surface area contributed by atoms with Crippen LogP contribution in [0.5, 0.6) is 0 Å². The third-order valence-corrected chi connectivity index (χ3v) is 5.39. The van der Waals surface area contributed by atoms with Crippen LogP contribution in [0.1, 0.15) is 43.5 Å². The van der Waals surface area contributed by atoms with Gasteiger partial charge in [-0.1, -0.05) is 49.1 Å². The SMILES string of the molecule is C=Cc1cccc(C(C(=O)Nc2ccccc2C)N(C)C(=O)C(CS)NC(=O)OC(C)(C)C)c1. The Morgan fingerprint density at radius 3 is 2.41 bits per heavy atom. The van der Waals surface area contributed by atoms with E-state index in [-0.39, 0.29) is 11.7 Å². The number of hydrogen-bond acceptors (Lipinski definition) is 5. The maximum absolute atomic E-state index is 13.5. The van der Waals surface area contributed by atoms with E-state index in [2.05, 4.69) is 29.8 Å². The van der Waals surface area contributed by atoms with Crippen molar-refractivity contribution in [2.45, 2.75) is 45.4 Å². The number of aryl methyl sites for hydroxylation is 1.